The molecule has 0 radical (unpaired) electrons. The van der Waals surface area contributed by atoms with Crippen LogP contribution in [-0.2, 0) is 17.8 Å². The molecule has 1 aromatic heterocycles. The summed E-state index contributed by atoms with van der Waals surface area (Å²) in [4.78, 5) is 27.9. The summed E-state index contributed by atoms with van der Waals surface area (Å²) in [6, 6.07) is 17.7. The minimum absolute atomic E-state index is 0.0149. The average Bonchev–Trinajstić information content (AvgIpc) is 2.78. The SMILES string of the molecule is CN1CCC(Cn2ccc3c(NC(=O)CCCc4ccccc4)cccc3c2=O)CC1. The Bertz CT molecular complexity index is 1080. The van der Waals surface area contributed by atoms with Crippen LogP contribution in [-0.4, -0.2) is 35.5 Å². The van der Waals surface area contributed by atoms with E-state index in [4.69, 9.17) is 0 Å². The molecule has 2 aromatic carbocycles. The minimum atomic E-state index is -0.0149. The lowest BCUT2D eigenvalue weighted by atomic mass is 9.97. The molecule has 0 aliphatic carbocycles. The first-order chi connectivity index (χ1) is 15.1. The summed E-state index contributed by atoms with van der Waals surface area (Å²) >= 11 is 0. The molecular weight excluding hydrogens is 386 g/mol. The van der Waals surface area contributed by atoms with Gasteiger partial charge in [-0.2, -0.15) is 0 Å². The van der Waals surface area contributed by atoms with Gasteiger partial charge in [-0.05, 0) is 75.5 Å². The molecule has 0 spiro atoms. The van der Waals surface area contributed by atoms with Gasteiger partial charge in [0.15, 0.2) is 0 Å². The molecule has 162 valence electrons. The average molecular weight is 418 g/mol. The first kappa shape index (κ1) is 21.3. The van der Waals surface area contributed by atoms with Crippen molar-refractivity contribution >= 4 is 22.4 Å². The normalized spacial score (nSPS) is 15.3. The topological polar surface area (TPSA) is 54.3 Å². The second-order valence-electron chi connectivity index (χ2n) is 8.67. The number of amides is 1. The van der Waals surface area contributed by atoms with Crippen LogP contribution >= 0.6 is 0 Å². The van der Waals surface area contributed by atoms with Crippen molar-refractivity contribution in [2.45, 2.75) is 38.6 Å². The van der Waals surface area contributed by atoms with Crippen molar-refractivity contribution in [3.8, 4) is 0 Å². The van der Waals surface area contributed by atoms with Gasteiger partial charge < -0.3 is 14.8 Å². The molecule has 0 atom stereocenters. The Morgan fingerprint density at radius 1 is 1.00 bits per heavy atom. The van der Waals surface area contributed by atoms with E-state index in [0.717, 1.165) is 50.7 Å². The van der Waals surface area contributed by atoms with Gasteiger partial charge in [0.1, 0.15) is 0 Å². The molecule has 4 rings (SSSR count). The highest BCUT2D eigenvalue weighted by molar-refractivity contribution is 6.01. The molecule has 0 unspecified atom stereocenters. The Morgan fingerprint density at radius 2 is 1.77 bits per heavy atom. The van der Waals surface area contributed by atoms with Crippen molar-refractivity contribution in [2.24, 2.45) is 5.92 Å². The van der Waals surface area contributed by atoms with E-state index in [1.165, 1.54) is 5.56 Å². The van der Waals surface area contributed by atoms with Crippen LogP contribution in [0.5, 0.6) is 0 Å². The number of likely N-dealkylation sites (tertiary alicyclic amines) is 1. The highest BCUT2D eigenvalue weighted by atomic mass is 16.1. The fourth-order valence-electron chi connectivity index (χ4n) is 4.40. The van der Waals surface area contributed by atoms with Crippen molar-refractivity contribution in [3.05, 3.63) is 76.7 Å². The first-order valence-corrected chi connectivity index (χ1v) is 11.2. The number of carbonyl (C=O) groups excluding carboxylic acids is 1. The lowest BCUT2D eigenvalue weighted by molar-refractivity contribution is -0.116. The van der Waals surface area contributed by atoms with Crippen LogP contribution in [0.3, 0.4) is 0 Å². The zero-order valence-electron chi connectivity index (χ0n) is 18.2. The highest BCUT2D eigenvalue weighted by Gasteiger charge is 2.18. The maximum absolute atomic E-state index is 13.1. The summed E-state index contributed by atoms with van der Waals surface area (Å²) in [7, 11) is 2.15. The largest absolute Gasteiger partial charge is 0.326 e. The summed E-state index contributed by atoms with van der Waals surface area (Å²) in [5.41, 5.74) is 1.98. The van der Waals surface area contributed by atoms with E-state index < -0.39 is 0 Å². The third kappa shape index (κ3) is 5.42. The molecule has 5 nitrogen and oxygen atoms in total. The van der Waals surface area contributed by atoms with E-state index in [1.54, 1.807) is 0 Å². The predicted octanol–water partition coefficient (Wildman–Crippen LogP) is 4.30. The Morgan fingerprint density at radius 3 is 2.55 bits per heavy atom. The number of pyridine rings is 1. The van der Waals surface area contributed by atoms with Gasteiger partial charge in [0, 0.05) is 35.6 Å². The van der Waals surface area contributed by atoms with Crippen molar-refractivity contribution in [1.29, 1.82) is 0 Å². The van der Waals surface area contributed by atoms with E-state index in [0.29, 0.717) is 23.4 Å². The van der Waals surface area contributed by atoms with E-state index in [9.17, 15) is 9.59 Å². The molecule has 1 aliphatic heterocycles. The summed E-state index contributed by atoms with van der Waals surface area (Å²) in [6.07, 6.45) is 6.27. The number of nitrogens with one attached hydrogen (secondary N) is 1. The van der Waals surface area contributed by atoms with Gasteiger partial charge in [0.05, 0.1) is 0 Å². The minimum Gasteiger partial charge on any atom is -0.326 e. The van der Waals surface area contributed by atoms with Gasteiger partial charge in [-0.1, -0.05) is 36.4 Å². The predicted molar refractivity (Wildman–Crippen MR) is 126 cm³/mol. The Labute approximate surface area is 183 Å². The zero-order chi connectivity index (χ0) is 21.6. The summed E-state index contributed by atoms with van der Waals surface area (Å²) in [5, 5.41) is 4.48. The summed E-state index contributed by atoms with van der Waals surface area (Å²) in [6.45, 7) is 2.94. The molecule has 2 heterocycles. The molecule has 1 aliphatic rings. The third-order valence-corrected chi connectivity index (χ3v) is 6.30. The van der Waals surface area contributed by atoms with Crippen LogP contribution in [0.1, 0.15) is 31.2 Å². The number of anilines is 1. The molecule has 0 saturated carbocycles. The van der Waals surface area contributed by atoms with E-state index in [-0.39, 0.29) is 11.5 Å². The molecule has 31 heavy (non-hydrogen) atoms. The van der Waals surface area contributed by atoms with Gasteiger partial charge in [0.2, 0.25) is 5.91 Å². The molecule has 1 amide bonds. The van der Waals surface area contributed by atoms with Crippen LogP contribution < -0.4 is 10.9 Å². The maximum atomic E-state index is 13.1. The molecule has 1 N–H and O–H groups in total. The van der Waals surface area contributed by atoms with Crippen LogP contribution in [0, 0.1) is 5.92 Å². The van der Waals surface area contributed by atoms with Crippen LogP contribution in [0.25, 0.3) is 10.8 Å². The van der Waals surface area contributed by atoms with E-state index in [1.807, 2.05) is 53.2 Å². The van der Waals surface area contributed by atoms with E-state index >= 15 is 0 Å². The number of carbonyl (C=O) groups is 1. The standard InChI is InChI=1S/C26H31N3O2/c1-28-16-13-21(14-17-28)19-29-18-15-22-23(26(29)31)10-6-11-24(22)27-25(30)12-5-9-20-7-3-2-4-8-20/h2-4,6-8,10-11,15,18,21H,5,9,12-14,16-17,19H2,1H3,(H,27,30). The van der Waals surface area contributed by atoms with Gasteiger partial charge in [-0.3, -0.25) is 9.59 Å². The highest BCUT2D eigenvalue weighted by Crippen LogP contribution is 2.23. The quantitative estimate of drug-likeness (QED) is 0.623. The second-order valence-corrected chi connectivity index (χ2v) is 8.67. The monoisotopic (exact) mass is 417 g/mol. The number of aryl methyl sites for hydroxylation is 1. The van der Waals surface area contributed by atoms with Gasteiger partial charge in [-0.25, -0.2) is 0 Å². The lowest BCUT2D eigenvalue weighted by Crippen LogP contribution is -2.33. The van der Waals surface area contributed by atoms with Crippen molar-refractivity contribution in [3.63, 3.8) is 0 Å². The van der Waals surface area contributed by atoms with Crippen LogP contribution in [0.2, 0.25) is 0 Å². The summed E-state index contributed by atoms with van der Waals surface area (Å²) < 4.78 is 1.84. The van der Waals surface area contributed by atoms with Crippen molar-refractivity contribution < 1.29 is 4.79 Å². The number of fused-ring (bicyclic) bond motifs is 1. The zero-order valence-corrected chi connectivity index (χ0v) is 18.2. The molecule has 0 bridgehead atoms. The smallest absolute Gasteiger partial charge is 0.258 e. The molecular formula is C26H31N3O2. The molecule has 3 aromatic rings. The van der Waals surface area contributed by atoms with Crippen LogP contribution in [0.4, 0.5) is 5.69 Å². The number of piperidine rings is 1. The number of hydrogen-bond acceptors (Lipinski definition) is 3. The Kier molecular flexibility index (Phi) is 6.82. The summed E-state index contributed by atoms with van der Waals surface area (Å²) in [5.74, 6) is 0.526. The number of benzene rings is 2. The van der Waals surface area contributed by atoms with Crippen LogP contribution in [0.15, 0.2) is 65.6 Å². The van der Waals surface area contributed by atoms with Crippen molar-refractivity contribution in [1.82, 2.24) is 9.47 Å². The van der Waals surface area contributed by atoms with E-state index in [2.05, 4.69) is 29.4 Å². The van der Waals surface area contributed by atoms with Gasteiger partial charge in [0.25, 0.3) is 5.56 Å². The second kappa shape index (κ2) is 9.92. The van der Waals surface area contributed by atoms with Gasteiger partial charge in [-0.15, -0.1) is 0 Å². The number of rotatable bonds is 7. The molecule has 1 fully saturated rings. The molecule has 5 heteroatoms. The fraction of sp³-hybridized carbons (Fsp3) is 0.385. The molecule has 1 saturated heterocycles. The Balaban J connectivity index is 1.42. The first-order valence-electron chi connectivity index (χ1n) is 11.2. The lowest BCUT2D eigenvalue weighted by Gasteiger charge is -2.29. The Hall–Kier alpha value is -2.92. The number of hydrogen-bond donors (Lipinski definition) is 1. The van der Waals surface area contributed by atoms with Gasteiger partial charge >= 0.3 is 0 Å². The fourth-order valence-corrected chi connectivity index (χ4v) is 4.40. The van der Waals surface area contributed by atoms with Crippen molar-refractivity contribution in [2.75, 3.05) is 25.5 Å². The maximum Gasteiger partial charge on any atom is 0.258 e. The number of aromatic nitrogens is 1. The third-order valence-electron chi connectivity index (χ3n) is 6.30. The number of nitrogens with zero attached hydrogens (tertiary/aromatic N) is 2.